The molecule has 1 aromatic rings. The van der Waals surface area contributed by atoms with E-state index in [-0.39, 0.29) is 53.8 Å². The number of rotatable bonds is 5. The van der Waals surface area contributed by atoms with E-state index in [1.165, 1.54) is 6.92 Å². The summed E-state index contributed by atoms with van der Waals surface area (Å²) >= 11 is 1.78. The van der Waals surface area contributed by atoms with E-state index in [2.05, 4.69) is 0 Å². The van der Waals surface area contributed by atoms with Gasteiger partial charge in [-0.3, -0.25) is 9.59 Å². The molecular weight excluding hydrogens is 430 g/mol. The summed E-state index contributed by atoms with van der Waals surface area (Å²) in [5.74, 6) is -0.733. The molecule has 0 bridgehead atoms. The van der Waals surface area contributed by atoms with E-state index in [0.29, 0.717) is 11.3 Å². The van der Waals surface area contributed by atoms with Crippen molar-refractivity contribution in [2.45, 2.75) is 44.4 Å². The van der Waals surface area contributed by atoms with Crippen LogP contribution >= 0.6 is 23.5 Å². The smallest absolute Gasteiger partial charge is 0.368 e. The predicted octanol–water partition coefficient (Wildman–Crippen LogP) is 2.76. The number of hydrogen-bond donors (Lipinski definition) is 2. The lowest BCUT2D eigenvalue weighted by atomic mass is 9.90. The van der Waals surface area contributed by atoms with Crippen molar-refractivity contribution in [3.05, 3.63) is 33.8 Å². The van der Waals surface area contributed by atoms with Gasteiger partial charge in [0.2, 0.25) is 11.6 Å². The van der Waals surface area contributed by atoms with Crippen LogP contribution in [0.4, 0.5) is 9.59 Å². The summed E-state index contributed by atoms with van der Waals surface area (Å²) in [6, 6.07) is -0.475. The molecule has 0 radical (unpaired) electrons. The molecule has 2 heterocycles. The number of nitrogens with zero attached hydrogens (tertiary/aromatic N) is 1. The molecule has 2 atom stereocenters. The Morgan fingerprint density at radius 2 is 1.77 bits per heavy atom. The number of thioether (sulfide) groups is 2. The maximum atomic E-state index is 13.0. The Kier molecular flexibility index (Phi) is 6.63. The fourth-order valence-corrected chi connectivity index (χ4v) is 5.43. The minimum atomic E-state index is -0.533. The molecule has 0 spiro atoms. The van der Waals surface area contributed by atoms with E-state index in [0.717, 1.165) is 23.5 Å². The molecule has 0 saturated heterocycles. The Labute approximate surface area is 181 Å². The van der Waals surface area contributed by atoms with Gasteiger partial charge in [-0.2, -0.15) is 0 Å². The number of hydrogen-bond acceptors (Lipinski definition) is 10. The van der Waals surface area contributed by atoms with Gasteiger partial charge in [-0.25, -0.2) is 9.59 Å². The molecule has 1 aromatic heterocycles. The Morgan fingerprint density at radius 1 is 1.13 bits per heavy atom. The number of allylic oxidation sites excluding steroid dienone is 2. The number of ketones is 2. The van der Waals surface area contributed by atoms with Crippen molar-refractivity contribution in [2.75, 3.05) is 13.2 Å². The summed E-state index contributed by atoms with van der Waals surface area (Å²) in [7, 11) is 0. The normalized spacial score (nSPS) is 20.3. The molecule has 1 aliphatic carbocycles. The Balaban J connectivity index is 2.11. The number of carbonyl (C=O) groups excluding carboxylic acids is 4. The Bertz CT molecular complexity index is 968. The van der Waals surface area contributed by atoms with Crippen molar-refractivity contribution in [3.8, 4) is 0 Å². The number of Topliss-reactive ketones (excluding diaryl/α,β-unsaturated/α-hetero) is 2. The van der Waals surface area contributed by atoms with Crippen LogP contribution in [0, 0.1) is 0 Å². The molecule has 0 aromatic carbocycles. The van der Waals surface area contributed by atoms with Crippen molar-refractivity contribution in [1.82, 2.24) is 4.57 Å². The second-order valence-corrected chi connectivity index (χ2v) is 8.74. The first-order chi connectivity index (χ1) is 14.2. The Hall–Kier alpha value is -2.24. The van der Waals surface area contributed by atoms with Gasteiger partial charge >= 0.3 is 10.6 Å². The van der Waals surface area contributed by atoms with E-state index in [1.807, 2.05) is 0 Å². The first kappa shape index (κ1) is 22.4. The molecule has 162 valence electrons. The second-order valence-electron chi connectivity index (χ2n) is 6.75. The van der Waals surface area contributed by atoms with Gasteiger partial charge in [-0.1, -0.05) is 0 Å². The quantitative estimate of drug-likeness (QED) is 0.638. The maximum absolute atomic E-state index is 13.0. The lowest BCUT2D eigenvalue weighted by molar-refractivity contribution is 0.0967. The maximum Gasteiger partial charge on any atom is 0.368 e. The van der Waals surface area contributed by atoms with Crippen LogP contribution in [-0.4, -0.2) is 46.0 Å². The first-order valence-electron chi connectivity index (χ1n) is 9.42. The van der Waals surface area contributed by atoms with E-state index >= 15 is 0 Å². The largest absolute Gasteiger partial charge is 0.458 e. The molecule has 0 unspecified atom stereocenters. The summed E-state index contributed by atoms with van der Waals surface area (Å²) < 4.78 is 11.7. The summed E-state index contributed by atoms with van der Waals surface area (Å²) in [5, 5.41) is -1.53. The van der Waals surface area contributed by atoms with Gasteiger partial charge in [0.1, 0.15) is 5.69 Å². The lowest BCUT2D eigenvalue weighted by Crippen LogP contribution is -2.30. The number of carbonyl (C=O) groups is 4. The van der Waals surface area contributed by atoms with Crippen LogP contribution in [0.15, 0.2) is 11.3 Å². The van der Waals surface area contributed by atoms with Gasteiger partial charge in [0, 0.05) is 29.6 Å². The SMILES string of the molecule is CCOC(=O)SCc1c2c(n3c1[C@@H](SC(=O)OCC)[C@H](N)C3)C(=O)C(C)=C(N)C2=O. The van der Waals surface area contributed by atoms with Gasteiger partial charge in [0.05, 0.1) is 29.7 Å². The summed E-state index contributed by atoms with van der Waals surface area (Å²) in [4.78, 5) is 50.0. The number of aromatic nitrogens is 1. The number of ether oxygens (including phenoxy) is 2. The summed E-state index contributed by atoms with van der Waals surface area (Å²) in [5.41, 5.74) is 13.7. The number of nitrogens with two attached hydrogens (primary N) is 2. The van der Waals surface area contributed by atoms with Crippen molar-refractivity contribution in [2.24, 2.45) is 11.5 Å². The van der Waals surface area contributed by atoms with Crippen molar-refractivity contribution in [3.63, 3.8) is 0 Å². The molecule has 0 amide bonds. The zero-order valence-corrected chi connectivity index (χ0v) is 18.5. The van der Waals surface area contributed by atoms with Crippen LogP contribution in [0.5, 0.6) is 0 Å². The van der Waals surface area contributed by atoms with E-state index in [9.17, 15) is 19.2 Å². The third-order valence-electron chi connectivity index (χ3n) is 4.97. The van der Waals surface area contributed by atoms with E-state index in [1.54, 1.807) is 18.4 Å². The Morgan fingerprint density at radius 3 is 2.40 bits per heavy atom. The fourth-order valence-electron chi connectivity index (χ4n) is 3.63. The molecule has 30 heavy (non-hydrogen) atoms. The molecule has 3 rings (SSSR count). The van der Waals surface area contributed by atoms with Crippen LogP contribution in [0.3, 0.4) is 0 Å². The molecular formula is C19H23N3O6S2. The number of fused-ring (bicyclic) bond motifs is 3. The second kappa shape index (κ2) is 8.86. The molecule has 11 heteroatoms. The van der Waals surface area contributed by atoms with E-state index < -0.39 is 27.7 Å². The summed E-state index contributed by atoms with van der Waals surface area (Å²) in [6.07, 6.45) is 0. The lowest BCUT2D eigenvalue weighted by Gasteiger charge is -2.18. The first-order valence-corrected chi connectivity index (χ1v) is 11.3. The third kappa shape index (κ3) is 3.77. The van der Waals surface area contributed by atoms with Gasteiger partial charge in [0.25, 0.3) is 0 Å². The predicted molar refractivity (Wildman–Crippen MR) is 114 cm³/mol. The molecule has 0 saturated carbocycles. The average molecular weight is 454 g/mol. The zero-order valence-electron chi connectivity index (χ0n) is 16.9. The minimum Gasteiger partial charge on any atom is -0.458 e. The van der Waals surface area contributed by atoms with E-state index in [4.69, 9.17) is 20.9 Å². The standard InChI is InChI=1S/C19H23N3O6S2/c1-4-27-18(25)29-7-9-11-14(15(23)8(3)12(21)16(11)24)22-6-10(20)17(13(9)22)30-19(26)28-5-2/h10,17H,4-7,20-21H2,1-3H3/t10-,17+/m1/s1. The fraction of sp³-hybridized carbons (Fsp3) is 0.474. The van der Waals surface area contributed by atoms with Gasteiger partial charge in [-0.05, 0) is 49.9 Å². The summed E-state index contributed by atoms with van der Waals surface area (Å²) in [6.45, 7) is 5.59. The van der Waals surface area contributed by atoms with Crippen molar-refractivity contribution in [1.29, 1.82) is 0 Å². The monoisotopic (exact) mass is 453 g/mol. The zero-order chi connectivity index (χ0) is 22.2. The van der Waals surface area contributed by atoms with Crippen LogP contribution < -0.4 is 11.5 Å². The van der Waals surface area contributed by atoms with Crippen molar-refractivity contribution < 1.29 is 28.7 Å². The molecule has 9 nitrogen and oxygen atoms in total. The van der Waals surface area contributed by atoms with Gasteiger partial charge in [-0.15, -0.1) is 0 Å². The highest BCUT2D eigenvalue weighted by Gasteiger charge is 2.44. The van der Waals surface area contributed by atoms with Gasteiger partial charge in [0.15, 0.2) is 0 Å². The molecule has 2 aliphatic rings. The third-order valence-corrected chi connectivity index (χ3v) is 6.90. The minimum absolute atomic E-state index is 0.0848. The van der Waals surface area contributed by atoms with Crippen LogP contribution in [0.25, 0.3) is 0 Å². The highest BCUT2D eigenvalue weighted by molar-refractivity contribution is 8.13. The highest BCUT2D eigenvalue weighted by Crippen LogP contribution is 2.46. The molecule has 1 aliphatic heterocycles. The molecule has 4 N–H and O–H groups in total. The van der Waals surface area contributed by atoms with Crippen LogP contribution in [0.2, 0.25) is 0 Å². The van der Waals surface area contributed by atoms with Crippen LogP contribution in [-0.2, 0) is 21.8 Å². The van der Waals surface area contributed by atoms with Gasteiger partial charge < -0.3 is 25.5 Å². The molecule has 0 fully saturated rings. The van der Waals surface area contributed by atoms with Crippen LogP contribution in [0.1, 0.15) is 58.1 Å². The topological polar surface area (TPSA) is 144 Å². The average Bonchev–Trinajstić information content (AvgIpc) is 3.17. The van der Waals surface area contributed by atoms with Crippen molar-refractivity contribution >= 4 is 45.7 Å². The highest BCUT2D eigenvalue weighted by atomic mass is 32.2.